The summed E-state index contributed by atoms with van der Waals surface area (Å²) in [6.45, 7) is 5.18. The fourth-order valence-electron chi connectivity index (χ4n) is 4.13. The second-order valence-electron chi connectivity index (χ2n) is 9.42. The normalized spacial score (nSPS) is 10.8. The summed E-state index contributed by atoms with van der Waals surface area (Å²) in [6, 6.07) is 19.1. The smallest absolute Gasteiger partial charge is 0.343 e. The molecule has 0 bridgehead atoms. The van der Waals surface area contributed by atoms with Gasteiger partial charge in [-0.2, -0.15) is 0 Å². The minimum Gasteiger partial charge on any atom is -0.492 e. The van der Waals surface area contributed by atoms with E-state index in [1.807, 2.05) is 48.5 Å². The van der Waals surface area contributed by atoms with Crippen LogP contribution in [0.15, 0.2) is 66.9 Å². The number of aromatic nitrogens is 1. The maximum absolute atomic E-state index is 12.5. The molecule has 0 radical (unpaired) electrons. The Morgan fingerprint density at radius 3 is 2.00 bits per heavy atom. The van der Waals surface area contributed by atoms with Crippen molar-refractivity contribution in [2.24, 2.45) is 0 Å². The summed E-state index contributed by atoms with van der Waals surface area (Å²) in [5, 5.41) is 0. The summed E-state index contributed by atoms with van der Waals surface area (Å²) in [7, 11) is 0. The van der Waals surface area contributed by atoms with E-state index in [-0.39, 0.29) is 5.97 Å². The molecule has 3 rings (SSSR count). The van der Waals surface area contributed by atoms with Gasteiger partial charge >= 0.3 is 5.97 Å². The third kappa shape index (κ3) is 9.49. The highest BCUT2D eigenvalue weighted by Crippen LogP contribution is 2.23. The molecule has 4 nitrogen and oxygen atoms in total. The molecule has 2 aromatic carbocycles. The van der Waals surface area contributed by atoms with Crippen LogP contribution in [0.4, 0.5) is 0 Å². The van der Waals surface area contributed by atoms with E-state index >= 15 is 0 Å². The van der Waals surface area contributed by atoms with Crippen LogP contribution in [0.25, 0.3) is 11.3 Å². The van der Waals surface area contributed by atoms with Crippen LogP contribution in [-0.2, 0) is 6.42 Å². The van der Waals surface area contributed by atoms with E-state index in [9.17, 15) is 4.79 Å². The Bertz CT molecular complexity index is 1010. The lowest BCUT2D eigenvalue weighted by molar-refractivity contribution is 0.0734. The maximum Gasteiger partial charge on any atom is 0.343 e. The molecule has 0 aliphatic carbocycles. The van der Waals surface area contributed by atoms with Gasteiger partial charge in [-0.1, -0.05) is 77.3 Å². The molecular weight excluding hydrogens is 446 g/mol. The highest BCUT2D eigenvalue weighted by molar-refractivity contribution is 5.91. The van der Waals surface area contributed by atoms with E-state index in [1.54, 1.807) is 18.3 Å². The first-order chi connectivity index (χ1) is 17.7. The molecule has 0 aliphatic rings. The molecule has 4 heteroatoms. The summed E-state index contributed by atoms with van der Waals surface area (Å²) < 4.78 is 11.4. The molecule has 0 atom stereocenters. The number of hydrogen-bond donors (Lipinski definition) is 0. The number of unbranched alkanes of at least 4 members (excludes halogenated alkanes) is 8. The number of hydrogen-bond acceptors (Lipinski definition) is 4. The quantitative estimate of drug-likeness (QED) is 0.115. The van der Waals surface area contributed by atoms with E-state index in [2.05, 4.69) is 18.8 Å². The van der Waals surface area contributed by atoms with Gasteiger partial charge in [-0.3, -0.25) is 4.98 Å². The lowest BCUT2D eigenvalue weighted by Crippen LogP contribution is -2.08. The molecule has 0 N–H and O–H groups in total. The van der Waals surface area contributed by atoms with Gasteiger partial charge in [0.1, 0.15) is 11.5 Å². The van der Waals surface area contributed by atoms with Crippen molar-refractivity contribution in [3.05, 3.63) is 78.0 Å². The molecule has 0 fully saturated rings. The van der Waals surface area contributed by atoms with Gasteiger partial charge in [0.05, 0.1) is 24.1 Å². The zero-order valence-corrected chi connectivity index (χ0v) is 22.0. The fraction of sp³-hybridized carbons (Fsp3) is 0.438. The van der Waals surface area contributed by atoms with Crippen molar-refractivity contribution >= 4 is 5.97 Å². The van der Waals surface area contributed by atoms with Gasteiger partial charge in [-0.05, 0) is 73.4 Å². The number of pyridine rings is 1. The third-order valence-electron chi connectivity index (χ3n) is 6.37. The average molecular weight is 488 g/mol. The van der Waals surface area contributed by atoms with Crippen LogP contribution in [-0.4, -0.2) is 17.6 Å². The van der Waals surface area contributed by atoms with Gasteiger partial charge in [0.25, 0.3) is 0 Å². The molecule has 0 saturated heterocycles. The zero-order valence-electron chi connectivity index (χ0n) is 22.0. The van der Waals surface area contributed by atoms with Crippen LogP contribution in [0, 0.1) is 0 Å². The Kier molecular flexibility index (Phi) is 12.0. The van der Waals surface area contributed by atoms with Crippen LogP contribution in [0.2, 0.25) is 0 Å². The Morgan fingerprint density at radius 2 is 1.33 bits per heavy atom. The first kappa shape index (κ1) is 27.4. The van der Waals surface area contributed by atoms with Crippen molar-refractivity contribution < 1.29 is 14.3 Å². The summed E-state index contributed by atoms with van der Waals surface area (Å²) in [5.74, 6) is 0.974. The number of esters is 1. The SMILES string of the molecule is CCCCCCCCOc1ccc(-c2ccc(OC(=O)c3ccc(CCCCCC)cc3)cc2)nc1. The zero-order chi connectivity index (χ0) is 25.4. The van der Waals surface area contributed by atoms with Crippen molar-refractivity contribution in [3.63, 3.8) is 0 Å². The number of carbonyl (C=O) groups is 1. The molecule has 36 heavy (non-hydrogen) atoms. The van der Waals surface area contributed by atoms with Crippen LogP contribution in [0.5, 0.6) is 11.5 Å². The van der Waals surface area contributed by atoms with E-state index in [4.69, 9.17) is 9.47 Å². The summed E-state index contributed by atoms with van der Waals surface area (Å²) in [6.07, 6.45) is 15.3. The molecular formula is C32H41NO3. The van der Waals surface area contributed by atoms with E-state index in [1.165, 1.54) is 63.4 Å². The topological polar surface area (TPSA) is 48.4 Å². The Morgan fingerprint density at radius 1 is 0.694 bits per heavy atom. The molecule has 1 heterocycles. The van der Waals surface area contributed by atoms with Crippen LogP contribution < -0.4 is 9.47 Å². The van der Waals surface area contributed by atoms with E-state index in [0.29, 0.717) is 11.3 Å². The number of nitrogens with zero attached hydrogens (tertiary/aromatic N) is 1. The second-order valence-corrected chi connectivity index (χ2v) is 9.42. The highest BCUT2D eigenvalue weighted by Gasteiger charge is 2.09. The molecule has 0 amide bonds. The second kappa shape index (κ2) is 15.8. The lowest BCUT2D eigenvalue weighted by Gasteiger charge is -2.08. The number of ether oxygens (including phenoxy) is 2. The van der Waals surface area contributed by atoms with Crippen LogP contribution in [0.3, 0.4) is 0 Å². The molecule has 0 unspecified atom stereocenters. The number of carbonyl (C=O) groups excluding carboxylic acids is 1. The number of rotatable bonds is 16. The van der Waals surface area contributed by atoms with E-state index in [0.717, 1.165) is 36.5 Å². The summed E-state index contributed by atoms with van der Waals surface area (Å²) in [5.41, 5.74) is 3.65. The van der Waals surface area contributed by atoms with Gasteiger partial charge in [-0.15, -0.1) is 0 Å². The Balaban J connectivity index is 1.44. The van der Waals surface area contributed by atoms with E-state index < -0.39 is 0 Å². The summed E-state index contributed by atoms with van der Waals surface area (Å²) >= 11 is 0. The standard InChI is InChI=1S/C32H41NO3/c1-3-5-7-9-10-12-24-35-30-22-23-31(33-25-30)27-18-20-29(21-19-27)36-32(34)28-16-14-26(15-17-28)13-11-8-6-4-2/h14-23,25H,3-13,24H2,1-2H3. The van der Waals surface area contributed by atoms with Crippen molar-refractivity contribution in [1.82, 2.24) is 4.98 Å². The maximum atomic E-state index is 12.5. The molecule has 192 valence electrons. The van der Waals surface area contributed by atoms with Crippen molar-refractivity contribution in [2.75, 3.05) is 6.61 Å². The number of aryl methyl sites for hydroxylation is 1. The fourth-order valence-corrected chi connectivity index (χ4v) is 4.13. The van der Waals surface area contributed by atoms with Crippen molar-refractivity contribution in [2.45, 2.75) is 84.5 Å². The Labute approximate surface area is 217 Å². The molecule has 0 spiro atoms. The van der Waals surface area contributed by atoms with Crippen molar-refractivity contribution in [1.29, 1.82) is 0 Å². The molecule has 0 aliphatic heterocycles. The monoisotopic (exact) mass is 487 g/mol. The molecule has 1 aromatic heterocycles. The molecule has 3 aromatic rings. The minimum atomic E-state index is -0.342. The first-order valence-corrected chi connectivity index (χ1v) is 13.7. The molecule has 0 saturated carbocycles. The Hall–Kier alpha value is -3.14. The van der Waals surface area contributed by atoms with Crippen LogP contribution >= 0.6 is 0 Å². The summed E-state index contributed by atoms with van der Waals surface area (Å²) in [4.78, 5) is 17.1. The predicted octanol–water partition coefficient (Wildman–Crippen LogP) is 8.83. The third-order valence-corrected chi connectivity index (χ3v) is 6.37. The van der Waals surface area contributed by atoms with Gasteiger partial charge in [-0.25, -0.2) is 4.79 Å². The van der Waals surface area contributed by atoms with Gasteiger partial charge < -0.3 is 9.47 Å². The van der Waals surface area contributed by atoms with Gasteiger partial charge in [0.15, 0.2) is 0 Å². The number of benzene rings is 2. The minimum absolute atomic E-state index is 0.342. The van der Waals surface area contributed by atoms with Gasteiger partial charge in [0.2, 0.25) is 0 Å². The highest BCUT2D eigenvalue weighted by atomic mass is 16.5. The van der Waals surface area contributed by atoms with Gasteiger partial charge in [0, 0.05) is 5.56 Å². The predicted molar refractivity (Wildman–Crippen MR) is 148 cm³/mol. The van der Waals surface area contributed by atoms with Crippen molar-refractivity contribution in [3.8, 4) is 22.8 Å². The lowest BCUT2D eigenvalue weighted by atomic mass is 10.0. The first-order valence-electron chi connectivity index (χ1n) is 13.7. The average Bonchev–Trinajstić information content (AvgIpc) is 2.92. The van der Waals surface area contributed by atoms with Crippen LogP contribution in [0.1, 0.15) is 94.0 Å². The largest absolute Gasteiger partial charge is 0.492 e.